The molecule has 0 saturated carbocycles. The molecule has 0 spiro atoms. The van der Waals surface area contributed by atoms with Crippen molar-refractivity contribution in [2.45, 2.75) is 32.6 Å². The zero-order valence-corrected chi connectivity index (χ0v) is 13.9. The quantitative estimate of drug-likeness (QED) is 0.927. The van der Waals surface area contributed by atoms with Gasteiger partial charge in [0.1, 0.15) is 5.82 Å². The number of nitrogens with zero attached hydrogens (tertiary/aromatic N) is 2. The van der Waals surface area contributed by atoms with E-state index < -0.39 is 0 Å². The summed E-state index contributed by atoms with van der Waals surface area (Å²) in [6, 6.07) is 6.79. The summed E-state index contributed by atoms with van der Waals surface area (Å²) in [7, 11) is 1.71. The van der Waals surface area contributed by atoms with Crippen molar-refractivity contribution in [1.29, 1.82) is 0 Å². The molecule has 0 bridgehead atoms. The average Bonchev–Trinajstić information content (AvgIpc) is 3.21. The Balaban J connectivity index is 1.69. The van der Waals surface area contributed by atoms with Crippen LogP contribution in [0.5, 0.6) is 0 Å². The number of nitrogens with one attached hydrogen (secondary N) is 1. The van der Waals surface area contributed by atoms with E-state index in [1.165, 1.54) is 41.3 Å². The van der Waals surface area contributed by atoms with Gasteiger partial charge < -0.3 is 10.2 Å². The van der Waals surface area contributed by atoms with Gasteiger partial charge in [0, 0.05) is 25.5 Å². The third kappa shape index (κ3) is 2.46. The van der Waals surface area contributed by atoms with Crippen LogP contribution in [-0.2, 0) is 17.6 Å². The Labute approximate surface area is 136 Å². The number of rotatable bonds is 2. The number of hydrogen-bond acceptors (Lipinski definition) is 3. The van der Waals surface area contributed by atoms with E-state index >= 15 is 0 Å². The lowest BCUT2D eigenvalue weighted by atomic mass is 10.0. The molecule has 2 heterocycles. The SMILES string of the molecule is CNC(=O)[C@H]1CCN(c2cc(C)c3cc4c(cc3n2)CCC4)C1. The van der Waals surface area contributed by atoms with Crippen LogP contribution in [0.1, 0.15) is 29.5 Å². The third-order valence-corrected chi connectivity index (χ3v) is 5.35. The molecule has 2 aliphatic rings. The van der Waals surface area contributed by atoms with Crippen LogP contribution in [0.25, 0.3) is 10.9 Å². The highest BCUT2D eigenvalue weighted by Gasteiger charge is 2.28. The smallest absolute Gasteiger partial charge is 0.224 e. The van der Waals surface area contributed by atoms with E-state index in [2.05, 4.69) is 35.3 Å². The number of fused-ring (bicyclic) bond motifs is 2. The first kappa shape index (κ1) is 14.5. The minimum Gasteiger partial charge on any atom is -0.359 e. The van der Waals surface area contributed by atoms with Crippen molar-refractivity contribution in [3.63, 3.8) is 0 Å². The van der Waals surface area contributed by atoms with Crippen LogP contribution in [0.3, 0.4) is 0 Å². The van der Waals surface area contributed by atoms with Crippen molar-refractivity contribution in [2.24, 2.45) is 5.92 Å². The Kier molecular flexibility index (Phi) is 3.47. The Hall–Kier alpha value is -2.10. The standard InChI is InChI=1S/C19H23N3O/c1-12-8-18(22-7-6-15(11-22)19(23)20-2)21-17-10-14-5-3-4-13(14)9-16(12)17/h8-10,15H,3-7,11H2,1-2H3,(H,20,23)/t15-/m0/s1. The molecule has 23 heavy (non-hydrogen) atoms. The van der Waals surface area contributed by atoms with Gasteiger partial charge in [-0.3, -0.25) is 4.79 Å². The molecule has 4 rings (SSSR count). The summed E-state index contributed by atoms with van der Waals surface area (Å²) >= 11 is 0. The second kappa shape index (κ2) is 5.52. The number of pyridine rings is 1. The molecule has 1 aromatic carbocycles. The van der Waals surface area contributed by atoms with Crippen LogP contribution in [0.4, 0.5) is 5.82 Å². The van der Waals surface area contributed by atoms with Gasteiger partial charge in [0.15, 0.2) is 0 Å². The van der Waals surface area contributed by atoms with E-state index in [1.54, 1.807) is 7.05 Å². The maximum atomic E-state index is 11.8. The lowest BCUT2D eigenvalue weighted by Gasteiger charge is -2.19. The molecular weight excluding hydrogens is 286 g/mol. The maximum Gasteiger partial charge on any atom is 0.224 e. The summed E-state index contributed by atoms with van der Waals surface area (Å²) in [6.45, 7) is 3.84. The van der Waals surface area contributed by atoms with E-state index in [9.17, 15) is 4.79 Å². The molecule has 1 N–H and O–H groups in total. The monoisotopic (exact) mass is 309 g/mol. The summed E-state index contributed by atoms with van der Waals surface area (Å²) in [5.74, 6) is 1.24. The number of carbonyl (C=O) groups excluding carboxylic acids is 1. The Morgan fingerprint density at radius 2 is 2.04 bits per heavy atom. The van der Waals surface area contributed by atoms with Gasteiger partial charge in [-0.15, -0.1) is 0 Å². The second-order valence-electron chi connectivity index (χ2n) is 6.83. The molecule has 4 nitrogen and oxygen atoms in total. The van der Waals surface area contributed by atoms with Crippen molar-refractivity contribution in [3.8, 4) is 0 Å². The molecule has 2 aromatic rings. The van der Waals surface area contributed by atoms with Crippen molar-refractivity contribution in [3.05, 3.63) is 34.9 Å². The number of anilines is 1. The van der Waals surface area contributed by atoms with E-state index in [1.807, 2.05) is 0 Å². The van der Waals surface area contributed by atoms with Crippen molar-refractivity contribution >= 4 is 22.6 Å². The highest BCUT2D eigenvalue weighted by Crippen LogP contribution is 2.31. The van der Waals surface area contributed by atoms with E-state index in [0.717, 1.165) is 30.8 Å². The molecule has 4 heteroatoms. The van der Waals surface area contributed by atoms with Crippen molar-refractivity contribution in [2.75, 3.05) is 25.0 Å². The van der Waals surface area contributed by atoms with E-state index in [4.69, 9.17) is 4.98 Å². The largest absolute Gasteiger partial charge is 0.359 e. The molecule has 1 amide bonds. The van der Waals surface area contributed by atoms with Gasteiger partial charge in [-0.05, 0) is 67.5 Å². The number of carbonyl (C=O) groups is 1. The average molecular weight is 309 g/mol. The molecule has 1 aliphatic heterocycles. The predicted octanol–water partition coefficient (Wildman–Crippen LogP) is 2.60. The van der Waals surface area contributed by atoms with Gasteiger partial charge in [-0.2, -0.15) is 0 Å². The predicted molar refractivity (Wildman–Crippen MR) is 92.9 cm³/mol. The van der Waals surface area contributed by atoms with Crippen LogP contribution in [0.15, 0.2) is 18.2 Å². The molecule has 1 fully saturated rings. The van der Waals surface area contributed by atoms with Gasteiger partial charge in [-0.25, -0.2) is 4.98 Å². The van der Waals surface area contributed by atoms with Gasteiger partial charge in [0.2, 0.25) is 5.91 Å². The molecule has 1 saturated heterocycles. The van der Waals surface area contributed by atoms with Crippen LogP contribution < -0.4 is 10.2 Å². The number of aromatic nitrogens is 1. The highest BCUT2D eigenvalue weighted by molar-refractivity contribution is 5.86. The molecule has 1 aliphatic carbocycles. The zero-order chi connectivity index (χ0) is 16.0. The summed E-state index contributed by atoms with van der Waals surface area (Å²) in [5, 5.41) is 4.04. The van der Waals surface area contributed by atoms with Gasteiger partial charge in [-0.1, -0.05) is 0 Å². The Morgan fingerprint density at radius 1 is 1.26 bits per heavy atom. The molecule has 1 atom stereocenters. The molecular formula is C19H23N3O. The number of hydrogen-bond donors (Lipinski definition) is 1. The first-order valence-electron chi connectivity index (χ1n) is 8.55. The minimum atomic E-state index is 0.0813. The topological polar surface area (TPSA) is 45.2 Å². The Bertz CT molecular complexity index is 784. The summed E-state index contributed by atoms with van der Waals surface area (Å²) in [6.07, 6.45) is 4.55. The second-order valence-corrected chi connectivity index (χ2v) is 6.83. The summed E-state index contributed by atoms with van der Waals surface area (Å²) in [5.41, 5.74) is 5.34. The van der Waals surface area contributed by atoms with E-state index in [0.29, 0.717) is 0 Å². The van der Waals surface area contributed by atoms with Crippen LogP contribution in [-0.4, -0.2) is 31.0 Å². The van der Waals surface area contributed by atoms with Crippen LogP contribution in [0, 0.1) is 12.8 Å². The molecule has 0 unspecified atom stereocenters. The van der Waals surface area contributed by atoms with Crippen LogP contribution >= 0.6 is 0 Å². The molecule has 0 radical (unpaired) electrons. The Morgan fingerprint density at radius 3 is 2.83 bits per heavy atom. The lowest BCUT2D eigenvalue weighted by molar-refractivity contribution is -0.123. The van der Waals surface area contributed by atoms with Gasteiger partial charge in [0.25, 0.3) is 0 Å². The maximum absolute atomic E-state index is 11.8. The minimum absolute atomic E-state index is 0.0813. The fourth-order valence-electron chi connectivity index (χ4n) is 4.00. The number of amides is 1. The summed E-state index contributed by atoms with van der Waals surface area (Å²) < 4.78 is 0. The highest BCUT2D eigenvalue weighted by atomic mass is 16.1. The van der Waals surface area contributed by atoms with Crippen molar-refractivity contribution in [1.82, 2.24) is 10.3 Å². The van der Waals surface area contributed by atoms with Gasteiger partial charge >= 0.3 is 0 Å². The fourth-order valence-corrected chi connectivity index (χ4v) is 4.00. The lowest BCUT2D eigenvalue weighted by Crippen LogP contribution is -2.30. The normalized spacial score (nSPS) is 20.1. The van der Waals surface area contributed by atoms with Gasteiger partial charge in [0.05, 0.1) is 11.4 Å². The summed E-state index contributed by atoms with van der Waals surface area (Å²) in [4.78, 5) is 19.0. The van der Waals surface area contributed by atoms with E-state index in [-0.39, 0.29) is 11.8 Å². The van der Waals surface area contributed by atoms with Crippen molar-refractivity contribution < 1.29 is 4.79 Å². The van der Waals surface area contributed by atoms with Crippen LogP contribution in [0.2, 0.25) is 0 Å². The molecule has 120 valence electrons. The fraction of sp³-hybridized carbons (Fsp3) is 0.474. The first-order chi connectivity index (χ1) is 11.2. The first-order valence-corrected chi connectivity index (χ1v) is 8.55. The zero-order valence-electron chi connectivity index (χ0n) is 13.9. The third-order valence-electron chi connectivity index (χ3n) is 5.35. The number of benzene rings is 1. The molecule has 1 aromatic heterocycles. The number of aryl methyl sites for hydroxylation is 3.